The molecule has 2 aliphatic rings. The van der Waals surface area contributed by atoms with Crippen LogP contribution in [0.2, 0.25) is 0 Å². The van der Waals surface area contributed by atoms with Crippen LogP contribution in [0.1, 0.15) is 62.7 Å². The first kappa shape index (κ1) is 13.9. The molecule has 2 heterocycles. The van der Waals surface area contributed by atoms with Crippen molar-refractivity contribution in [2.75, 3.05) is 17.2 Å². The van der Waals surface area contributed by atoms with E-state index in [2.05, 4.69) is 20.8 Å². The van der Waals surface area contributed by atoms with Crippen LogP contribution in [-0.4, -0.2) is 29.7 Å². The summed E-state index contributed by atoms with van der Waals surface area (Å²) in [6.07, 6.45) is 1.80. The normalized spacial score (nSPS) is 31.9. The molecule has 3 unspecified atom stereocenters. The third-order valence-electron chi connectivity index (χ3n) is 4.61. The van der Waals surface area contributed by atoms with Crippen molar-refractivity contribution < 1.29 is 8.42 Å². The lowest BCUT2D eigenvalue weighted by molar-refractivity contribution is 0.501. The quantitative estimate of drug-likeness (QED) is 0.926. The minimum atomic E-state index is -2.92. The predicted molar refractivity (Wildman–Crippen MR) is 79.6 cm³/mol. The summed E-state index contributed by atoms with van der Waals surface area (Å²) in [5, 5.41) is 4.72. The van der Waals surface area contributed by atoms with Gasteiger partial charge in [-0.15, -0.1) is 0 Å². The Morgan fingerprint density at radius 1 is 1.40 bits per heavy atom. The number of nitrogen functional groups attached to an aromatic ring is 1. The Kier molecular flexibility index (Phi) is 3.12. The average molecular weight is 297 g/mol. The van der Waals surface area contributed by atoms with E-state index in [9.17, 15) is 8.42 Å². The Morgan fingerprint density at radius 2 is 2.05 bits per heavy atom. The summed E-state index contributed by atoms with van der Waals surface area (Å²) >= 11 is 0. The van der Waals surface area contributed by atoms with Gasteiger partial charge in [-0.05, 0) is 24.7 Å². The van der Waals surface area contributed by atoms with Crippen LogP contribution in [0.3, 0.4) is 0 Å². The third kappa shape index (κ3) is 2.24. The Hall–Kier alpha value is -1.04. The molecular weight excluding hydrogens is 274 g/mol. The van der Waals surface area contributed by atoms with Gasteiger partial charge in [-0.1, -0.05) is 20.8 Å². The molecule has 1 saturated heterocycles. The van der Waals surface area contributed by atoms with E-state index in [0.29, 0.717) is 30.0 Å². The molecule has 6 heteroatoms. The zero-order valence-electron chi connectivity index (χ0n) is 12.3. The highest BCUT2D eigenvalue weighted by atomic mass is 32.2. The van der Waals surface area contributed by atoms with Crippen LogP contribution in [0.15, 0.2) is 0 Å². The Balaban J connectivity index is 2.00. The van der Waals surface area contributed by atoms with Crippen LogP contribution < -0.4 is 5.73 Å². The van der Waals surface area contributed by atoms with Crippen molar-refractivity contribution in [3.63, 3.8) is 0 Å². The summed E-state index contributed by atoms with van der Waals surface area (Å²) in [5.41, 5.74) is 8.52. The highest BCUT2D eigenvalue weighted by molar-refractivity contribution is 7.91. The molecule has 5 nitrogen and oxygen atoms in total. The van der Waals surface area contributed by atoms with E-state index in [4.69, 9.17) is 10.8 Å². The predicted octanol–water partition coefficient (Wildman–Crippen LogP) is 2.07. The van der Waals surface area contributed by atoms with Gasteiger partial charge in [0.25, 0.3) is 0 Å². The molecule has 20 heavy (non-hydrogen) atoms. The molecule has 3 rings (SSSR count). The maximum absolute atomic E-state index is 11.7. The van der Waals surface area contributed by atoms with Gasteiger partial charge in [0.05, 0.1) is 23.2 Å². The van der Waals surface area contributed by atoms with E-state index in [1.54, 1.807) is 4.68 Å². The smallest absolute Gasteiger partial charge is 0.152 e. The standard InChI is InChI=1S/C14H23N3O2S/c1-8(2)12-13(11-6-9(11)3)16-17(14(12)15)10-4-5-20(18,19)7-10/h8-11H,4-7,15H2,1-3H3. The van der Waals surface area contributed by atoms with Crippen molar-refractivity contribution in [3.8, 4) is 0 Å². The zero-order valence-corrected chi connectivity index (χ0v) is 13.2. The van der Waals surface area contributed by atoms with Gasteiger partial charge in [0, 0.05) is 11.5 Å². The van der Waals surface area contributed by atoms with E-state index < -0.39 is 9.84 Å². The van der Waals surface area contributed by atoms with Crippen molar-refractivity contribution in [2.24, 2.45) is 5.92 Å². The summed E-state index contributed by atoms with van der Waals surface area (Å²) in [4.78, 5) is 0. The van der Waals surface area contributed by atoms with Crippen LogP contribution in [0, 0.1) is 5.92 Å². The van der Waals surface area contributed by atoms with Crippen molar-refractivity contribution in [3.05, 3.63) is 11.3 Å². The molecule has 0 bridgehead atoms. The van der Waals surface area contributed by atoms with Crippen LogP contribution in [0.4, 0.5) is 5.82 Å². The van der Waals surface area contributed by atoms with Gasteiger partial charge in [0.15, 0.2) is 9.84 Å². The number of nitrogens with zero attached hydrogens (tertiary/aromatic N) is 2. The van der Waals surface area contributed by atoms with E-state index in [1.807, 2.05) is 0 Å². The number of aromatic nitrogens is 2. The van der Waals surface area contributed by atoms with Gasteiger partial charge in [0.1, 0.15) is 5.82 Å². The van der Waals surface area contributed by atoms with Crippen molar-refractivity contribution >= 4 is 15.7 Å². The summed E-state index contributed by atoms with van der Waals surface area (Å²) in [5.74, 6) is 2.61. The molecule has 1 aliphatic carbocycles. The minimum Gasteiger partial charge on any atom is -0.384 e. The lowest BCUT2D eigenvalue weighted by Gasteiger charge is -2.11. The van der Waals surface area contributed by atoms with E-state index in [-0.39, 0.29) is 17.5 Å². The highest BCUT2D eigenvalue weighted by Crippen LogP contribution is 2.50. The molecule has 2 N–H and O–H groups in total. The maximum Gasteiger partial charge on any atom is 0.152 e. The molecule has 0 spiro atoms. The zero-order chi connectivity index (χ0) is 14.7. The van der Waals surface area contributed by atoms with Gasteiger partial charge in [-0.25, -0.2) is 13.1 Å². The van der Waals surface area contributed by atoms with Crippen LogP contribution in [0.5, 0.6) is 0 Å². The van der Waals surface area contributed by atoms with Crippen molar-refractivity contribution in [2.45, 2.75) is 51.5 Å². The molecule has 1 aromatic rings. The van der Waals surface area contributed by atoms with E-state index in [1.165, 1.54) is 6.42 Å². The Labute approximate surface area is 120 Å². The first-order valence-electron chi connectivity index (χ1n) is 7.38. The molecule has 2 fully saturated rings. The average Bonchev–Trinajstić information content (AvgIpc) is 2.79. The second-order valence-electron chi connectivity index (χ2n) is 6.66. The number of rotatable bonds is 3. The number of sulfone groups is 1. The van der Waals surface area contributed by atoms with Crippen LogP contribution in [0.25, 0.3) is 0 Å². The van der Waals surface area contributed by atoms with E-state index in [0.717, 1.165) is 11.3 Å². The van der Waals surface area contributed by atoms with Crippen molar-refractivity contribution in [1.29, 1.82) is 0 Å². The molecular formula is C14H23N3O2S. The Bertz CT molecular complexity index is 633. The van der Waals surface area contributed by atoms with Gasteiger partial charge in [-0.3, -0.25) is 0 Å². The number of hydrogen-bond donors (Lipinski definition) is 1. The number of anilines is 1. The lowest BCUT2D eigenvalue weighted by atomic mass is 10.00. The van der Waals surface area contributed by atoms with Crippen LogP contribution >= 0.6 is 0 Å². The topological polar surface area (TPSA) is 78.0 Å². The summed E-state index contributed by atoms with van der Waals surface area (Å²) < 4.78 is 25.1. The SMILES string of the molecule is CC(C)c1c(C2CC2C)nn(C2CCS(=O)(=O)C2)c1N. The van der Waals surface area contributed by atoms with Gasteiger partial charge in [-0.2, -0.15) is 5.10 Å². The molecule has 3 atom stereocenters. The highest BCUT2D eigenvalue weighted by Gasteiger charge is 2.41. The fraction of sp³-hybridized carbons (Fsp3) is 0.786. The van der Waals surface area contributed by atoms with Gasteiger partial charge in [0.2, 0.25) is 0 Å². The Morgan fingerprint density at radius 3 is 2.50 bits per heavy atom. The molecule has 1 saturated carbocycles. The maximum atomic E-state index is 11.7. The summed E-state index contributed by atoms with van der Waals surface area (Å²) in [6, 6.07) is -0.0830. The summed E-state index contributed by atoms with van der Waals surface area (Å²) in [6.45, 7) is 6.48. The van der Waals surface area contributed by atoms with Crippen molar-refractivity contribution in [1.82, 2.24) is 9.78 Å². The first-order chi connectivity index (χ1) is 9.30. The molecule has 112 valence electrons. The molecule has 1 aromatic heterocycles. The van der Waals surface area contributed by atoms with Gasteiger partial charge >= 0.3 is 0 Å². The second-order valence-corrected chi connectivity index (χ2v) is 8.89. The third-order valence-corrected chi connectivity index (χ3v) is 6.36. The fourth-order valence-electron chi connectivity index (χ4n) is 3.29. The first-order valence-corrected chi connectivity index (χ1v) is 9.20. The number of nitrogens with two attached hydrogens (primary N) is 1. The fourth-order valence-corrected chi connectivity index (χ4v) is 4.99. The molecule has 0 amide bonds. The van der Waals surface area contributed by atoms with Crippen LogP contribution in [-0.2, 0) is 9.84 Å². The minimum absolute atomic E-state index is 0.0830. The second kappa shape index (κ2) is 4.48. The van der Waals surface area contributed by atoms with E-state index >= 15 is 0 Å². The lowest BCUT2D eigenvalue weighted by Crippen LogP contribution is -2.15. The number of hydrogen-bond acceptors (Lipinski definition) is 4. The largest absolute Gasteiger partial charge is 0.384 e. The monoisotopic (exact) mass is 297 g/mol. The molecule has 0 aromatic carbocycles. The molecule has 0 radical (unpaired) electrons. The summed E-state index contributed by atoms with van der Waals surface area (Å²) in [7, 11) is -2.92. The molecule has 1 aliphatic heterocycles. The van der Waals surface area contributed by atoms with Gasteiger partial charge < -0.3 is 5.73 Å².